The molecule has 1 N–H and O–H groups in total. The van der Waals surface area contributed by atoms with E-state index in [1.165, 1.54) is 18.3 Å². The summed E-state index contributed by atoms with van der Waals surface area (Å²) in [6.45, 7) is 0. The first kappa shape index (κ1) is 18.3. The zero-order chi connectivity index (χ0) is 19.9. The van der Waals surface area contributed by atoms with E-state index in [1.54, 1.807) is 12.1 Å². The molecule has 0 bridgehead atoms. The molecule has 0 saturated heterocycles. The molecule has 2 aromatic heterocycles. The first-order chi connectivity index (χ1) is 13.3. The van der Waals surface area contributed by atoms with Gasteiger partial charge in [0.25, 0.3) is 12.0 Å². The van der Waals surface area contributed by atoms with Gasteiger partial charge < -0.3 is 9.26 Å². The number of H-pyrrole nitrogens is 1. The van der Waals surface area contributed by atoms with E-state index >= 15 is 0 Å². The molecule has 0 unspecified atom stereocenters. The molecule has 4 rings (SSSR count). The van der Waals surface area contributed by atoms with E-state index in [4.69, 9.17) is 9.26 Å². The molecule has 0 amide bonds. The summed E-state index contributed by atoms with van der Waals surface area (Å²) < 4.78 is 64.4. The highest BCUT2D eigenvalue weighted by Gasteiger charge is 2.48. The molecule has 3 aromatic rings. The second kappa shape index (κ2) is 6.81. The van der Waals surface area contributed by atoms with Crippen LogP contribution in [0.2, 0.25) is 0 Å². The Kier molecular flexibility index (Phi) is 4.44. The van der Waals surface area contributed by atoms with Crippen LogP contribution in [0.1, 0.15) is 30.4 Å². The summed E-state index contributed by atoms with van der Waals surface area (Å²) in [6.07, 6.45) is -2.07. The van der Waals surface area contributed by atoms with Crippen LogP contribution < -0.4 is 10.3 Å². The van der Waals surface area contributed by atoms with Gasteiger partial charge in [0.1, 0.15) is 17.6 Å². The van der Waals surface area contributed by atoms with Crippen molar-refractivity contribution in [3.63, 3.8) is 0 Å². The number of alkyl halides is 3. The fraction of sp³-hybridized carbons (Fsp3) is 0.263. The molecule has 28 heavy (non-hydrogen) atoms. The molecule has 1 aromatic carbocycles. The van der Waals surface area contributed by atoms with Gasteiger partial charge >= 0.3 is 0 Å². The highest BCUT2D eigenvalue weighted by Crippen LogP contribution is 2.47. The highest BCUT2D eigenvalue weighted by molar-refractivity contribution is 5.55. The van der Waals surface area contributed by atoms with Crippen LogP contribution in [0.5, 0.6) is 5.88 Å². The summed E-state index contributed by atoms with van der Waals surface area (Å²) in [6, 6.07) is 7.36. The number of nitrogens with zero attached hydrogens (tertiary/aromatic N) is 1. The standard InChI is InChI=1S/C19H14F4N2O3/c20-14-5-11(2-3-13(14)18(21)22)19(23)7-12(8-19)27-17-4-1-10(9-24-17)15-6-16(26)25-28-15/h1-6,9,12,18H,7-8H2,(H,25,26). The fourth-order valence-electron chi connectivity index (χ4n) is 3.16. The number of rotatable bonds is 5. The Morgan fingerprint density at radius 3 is 2.57 bits per heavy atom. The van der Waals surface area contributed by atoms with Crippen LogP contribution in [-0.4, -0.2) is 16.2 Å². The topological polar surface area (TPSA) is 68.1 Å². The van der Waals surface area contributed by atoms with Crippen LogP contribution in [0, 0.1) is 5.82 Å². The first-order valence-corrected chi connectivity index (χ1v) is 8.43. The Bertz CT molecular complexity index is 1040. The van der Waals surface area contributed by atoms with Gasteiger partial charge in [0.05, 0.1) is 11.6 Å². The van der Waals surface area contributed by atoms with Crippen molar-refractivity contribution in [2.24, 2.45) is 0 Å². The SMILES string of the molecule is O=c1cc(-c2ccc(OC3CC(F)(c4ccc(C(F)F)c(F)c4)C3)nc2)o[nH]1. The molecule has 0 spiro atoms. The lowest BCUT2D eigenvalue weighted by Gasteiger charge is -2.41. The van der Waals surface area contributed by atoms with E-state index in [1.807, 2.05) is 0 Å². The molecule has 146 valence electrons. The summed E-state index contributed by atoms with van der Waals surface area (Å²) >= 11 is 0. The van der Waals surface area contributed by atoms with E-state index in [-0.39, 0.29) is 29.8 Å². The monoisotopic (exact) mass is 394 g/mol. The summed E-state index contributed by atoms with van der Waals surface area (Å²) in [5.74, 6) is -0.541. The second-order valence-electron chi connectivity index (χ2n) is 6.61. The summed E-state index contributed by atoms with van der Waals surface area (Å²) in [4.78, 5) is 15.2. The number of hydrogen-bond acceptors (Lipinski definition) is 4. The summed E-state index contributed by atoms with van der Waals surface area (Å²) in [5, 5.41) is 2.17. The maximum Gasteiger partial charge on any atom is 0.280 e. The van der Waals surface area contributed by atoms with Crippen molar-refractivity contribution in [2.45, 2.75) is 31.0 Å². The van der Waals surface area contributed by atoms with E-state index < -0.39 is 29.6 Å². The zero-order valence-corrected chi connectivity index (χ0v) is 14.3. The molecule has 0 radical (unpaired) electrons. The predicted molar refractivity (Wildman–Crippen MR) is 90.4 cm³/mol. The lowest BCUT2D eigenvalue weighted by molar-refractivity contribution is -0.0488. The molecule has 1 saturated carbocycles. The first-order valence-electron chi connectivity index (χ1n) is 8.43. The number of aromatic nitrogens is 2. The normalized spacial score (nSPS) is 21.5. The highest BCUT2D eigenvalue weighted by atomic mass is 19.3. The lowest BCUT2D eigenvalue weighted by Crippen LogP contribution is -2.44. The molecule has 1 fully saturated rings. The number of ether oxygens (including phenoxy) is 1. The Labute approximate surface area is 155 Å². The van der Waals surface area contributed by atoms with Crippen molar-refractivity contribution in [1.29, 1.82) is 0 Å². The lowest BCUT2D eigenvalue weighted by atomic mass is 9.74. The summed E-state index contributed by atoms with van der Waals surface area (Å²) in [5.41, 5.74) is -2.38. The van der Waals surface area contributed by atoms with Crippen molar-refractivity contribution in [3.05, 3.63) is 69.9 Å². The molecule has 5 nitrogen and oxygen atoms in total. The number of pyridine rings is 1. The van der Waals surface area contributed by atoms with E-state index in [0.29, 0.717) is 11.3 Å². The Morgan fingerprint density at radius 1 is 1.21 bits per heavy atom. The number of hydrogen-bond donors (Lipinski definition) is 1. The minimum Gasteiger partial charge on any atom is -0.474 e. The van der Waals surface area contributed by atoms with E-state index in [2.05, 4.69) is 10.1 Å². The molecule has 1 aliphatic carbocycles. The molecular weight excluding hydrogens is 380 g/mol. The average Bonchev–Trinajstić information content (AvgIpc) is 3.07. The third kappa shape index (κ3) is 3.39. The molecule has 9 heteroatoms. The summed E-state index contributed by atoms with van der Waals surface area (Å²) in [7, 11) is 0. The quantitative estimate of drug-likeness (QED) is 0.647. The van der Waals surface area contributed by atoms with E-state index in [0.717, 1.165) is 12.1 Å². The number of halogens is 4. The maximum absolute atomic E-state index is 14.9. The molecule has 0 aliphatic heterocycles. The molecular formula is C19H14F4N2O3. The van der Waals surface area contributed by atoms with Gasteiger partial charge in [-0.1, -0.05) is 12.1 Å². The fourth-order valence-corrected chi connectivity index (χ4v) is 3.16. The third-order valence-electron chi connectivity index (χ3n) is 4.69. The van der Waals surface area contributed by atoms with Crippen molar-refractivity contribution in [3.8, 4) is 17.2 Å². The molecule has 0 atom stereocenters. The van der Waals surface area contributed by atoms with Crippen LogP contribution in [0.15, 0.2) is 51.9 Å². The van der Waals surface area contributed by atoms with Crippen LogP contribution in [-0.2, 0) is 5.67 Å². The smallest absolute Gasteiger partial charge is 0.280 e. The van der Waals surface area contributed by atoms with Gasteiger partial charge in [0, 0.05) is 30.7 Å². The van der Waals surface area contributed by atoms with Crippen LogP contribution in [0.4, 0.5) is 17.6 Å². The van der Waals surface area contributed by atoms with Crippen molar-refractivity contribution in [1.82, 2.24) is 10.1 Å². The van der Waals surface area contributed by atoms with Gasteiger partial charge in [-0.3, -0.25) is 4.79 Å². The molecule has 1 aliphatic rings. The van der Waals surface area contributed by atoms with Crippen LogP contribution in [0.3, 0.4) is 0 Å². The second-order valence-corrected chi connectivity index (χ2v) is 6.61. The van der Waals surface area contributed by atoms with Crippen LogP contribution in [0.25, 0.3) is 11.3 Å². The number of benzene rings is 1. The molecule has 2 heterocycles. The number of nitrogens with one attached hydrogen (secondary N) is 1. The minimum atomic E-state index is -2.95. The largest absolute Gasteiger partial charge is 0.474 e. The maximum atomic E-state index is 14.9. The Balaban J connectivity index is 1.40. The van der Waals surface area contributed by atoms with Gasteiger partial charge in [0.15, 0.2) is 5.76 Å². The predicted octanol–water partition coefficient (Wildman–Crippen LogP) is 4.51. The Morgan fingerprint density at radius 2 is 2.00 bits per heavy atom. The van der Waals surface area contributed by atoms with Crippen molar-refractivity contribution in [2.75, 3.05) is 0 Å². The minimum absolute atomic E-state index is 0.0139. The number of aromatic amines is 1. The Hall–Kier alpha value is -3.10. The van der Waals surface area contributed by atoms with Crippen molar-refractivity contribution < 1.29 is 26.8 Å². The van der Waals surface area contributed by atoms with E-state index in [9.17, 15) is 22.4 Å². The zero-order valence-electron chi connectivity index (χ0n) is 14.3. The average molecular weight is 394 g/mol. The van der Waals surface area contributed by atoms with Gasteiger partial charge in [-0.05, 0) is 17.7 Å². The van der Waals surface area contributed by atoms with Crippen molar-refractivity contribution >= 4 is 0 Å². The van der Waals surface area contributed by atoms with Gasteiger partial charge in [-0.15, -0.1) is 0 Å². The van der Waals surface area contributed by atoms with Gasteiger partial charge in [0.2, 0.25) is 5.88 Å². The van der Waals surface area contributed by atoms with Gasteiger partial charge in [-0.2, -0.15) is 5.16 Å². The third-order valence-corrected chi connectivity index (χ3v) is 4.69. The van der Waals surface area contributed by atoms with Crippen LogP contribution >= 0.6 is 0 Å². The van der Waals surface area contributed by atoms with Gasteiger partial charge in [-0.25, -0.2) is 22.5 Å².